The van der Waals surface area contributed by atoms with Gasteiger partial charge in [-0.15, -0.1) is 0 Å². The van der Waals surface area contributed by atoms with Crippen LogP contribution in [0, 0.1) is 5.82 Å². The Kier molecular flexibility index (Phi) is 12.4. The summed E-state index contributed by atoms with van der Waals surface area (Å²) >= 11 is 0. The SMILES string of the molecule is O=S(=O)(CCCNCCCCCCC1=C(c2ccc(F)cc2)CCCc2cc(O)ccc21)CCCC(F)(F)C(F)(F)F. The number of nitrogens with one attached hydrogen (secondary N) is 1. The number of benzene rings is 2. The molecule has 0 aliphatic heterocycles. The summed E-state index contributed by atoms with van der Waals surface area (Å²) in [5.41, 5.74) is 5.71. The second-order valence-electron chi connectivity index (χ2n) is 10.9. The van der Waals surface area contributed by atoms with Crippen molar-refractivity contribution in [3.05, 3.63) is 65.0 Å². The van der Waals surface area contributed by atoms with Gasteiger partial charge in [-0.1, -0.05) is 31.0 Å². The van der Waals surface area contributed by atoms with Crippen molar-refractivity contribution >= 4 is 21.0 Å². The van der Waals surface area contributed by atoms with Crippen LogP contribution < -0.4 is 5.32 Å². The highest BCUT2D eigenvalue weighted by molar-refractivity contribution is 7.91. The van der Waals surface area contributed by atoms with Crippen molar-refractivity contribution < 1.29 is 39.9 Å². The van der Waals surface area contributed by atoms with Crippen molar-refractivity contribution in [1.82, 2.24) is 5.32 Å². The van der Waals surface area contributed by atoms with Crippen LogP contribution in [0.5, 0.6) is 5.75 Å². The smallest absolute Gasteiger partial charge is 0.453 e. The highest BCUT2D eigenvalue weighted by Gasteiger charge is 2.56. The summed E-state index contributed by atoms with van der Waals surface area (Å²) in [6.07, 6.45) is -0.392. The molecule has 2 aromatic rings. The van der Waals surface area contributed by atoms with Crippen LogP contribution >= 0.6 is 0 Å². The van der Waals surface area contributed by atoms with Gasteiger partial charge in [0.1, 0.15) is 21.4 Å². The third-order valence-electron chi connectivity index (χ3n) is 7.54. The van der Waals surface area contributed by atoms with Crippen molar-refractivity contribution in [2.75, 3.05) is 24.6 Å². The Hall–Kier alpha value is -2.53. The molecule has 0 atom stereocenters. The molecule has 0 saturated heterocycles. The van der Waals surface area contributed by atoms with Crippen LogP contribution in [0.4, 0.5) is 26.3 Å². The van der Waals surface area contributed by atoms with Crippen LogP contribution in [-0.4, -0.2) is 50.2 Å². The maximum atomic E-state index is 13.6. The number of rotatable bonds is 16. The van der Waals surface area contributed by atoms with Gasteiger partial charge in [0, 0.05) is 6.42 Å². The first kappa shape index (κ1) is 34.0. The molecule has 0 saturated carbocycles. The standard InChI is InChI=1S/C31H39F6NO3S/c32-25-13-11-23(12-14-25)27-10-5-8-24-22-26(39)15-16-28(24)29(27)9-3-1-2-4-18-38-19-7-21-42(40,41)20-6-17-30(33,34)31(35,36)37/h11-16,22,38-39H,1-10,17-21H2. The molecule has 1 aliphatic carbocycles. The quantitative estimate of drug-likeness (QED) is 0.147. The molecule has 0 heterocycles. The Balaban J connectivity index is 1.39. The zero-order valence-corrected chi connectivity index (χ0v) is 24.4. The second-order valence-corrected chi connectivity index (χ2v) is 13.2. The second kappa shape index (κ2) is 15.3. The number of phenols is 1. The fourth-order valence-corrected chi connectivity index (χ4v) is 6.68. The van der Waals surface area contributed by atoms with Crippen LogP contribution in [0.1, 0.15) is 80.9 Å². The van der Waals surface area contributed by atoms with Gasteiger partial charge >= 0.3 is 12.1 Å². The number of allylic oxidation sites excluding steroid dienone is 2. The molecule has 0 radical (unpaired) electrons. The van der Waals surface area contributed by atoms with Crippen LogP contribution in [-0.2, 0) is 16.3 Å². The van der Waals surface area contributed by atoms with Gasteiger partial charge in [0.05, 0.1) is 11.5 Å². The largest absolute Gasteiger partial charge is 0.508 e. The normalized spacial score (nSPS) is 14.6. The average Bonchev–Trinajstić information content (AvgIpc) is 3.08. The molecule has 2 N–H and O–H groups in total. The number of sulfone groups is 1. The molecule has 4 nitrogen and oxygen atoms in total. The molecular weight excluding hydrogens is 580 g/mol. The average molecular weight is 620 g/mol. The number of hydrogen-bond acceptors (Lipinski definition) is 4. The van der Waals surface area contributed by atoms with Gasteiger partial charge in [-0.2, -0.15) is 22.0 Å². The minimum atomic E-state index is -5.67. The maximum Gasteiger partial charge on any atom is 0.453 e. The number of unbranched alkanes of at least 4 members (excludes halogenated alkanes) is 3. The molecule has 0 spiro atoms. The van der Waals surface area contributed by atoms with E-state index in [0.29, 0.717) is 13.1 Å². The fourth-order valence-electron chi connectivity index (χ4n) is 5.31. The summed E-state index contributed by atoms with van der Waals surface area (Å²) in [6.45, 7) is 1.10. The molecule has 0 aromatic heterocycles. The van der Waals surface area contributed by atoms with Crippen LogP contribution in [0.3, 0.4) is 0 Å². The molecule has 0 unspecified atom stereocenters. The van der Waals surface area contributed by atoms with Crippen LogP contribution in [0.2, 0.25) is 0 Å². The number of fused-ring (bicyclic) bond motifs is 1. The molecule has 3 rings (SSSR count). The highest BCUT2D eigenvalue weighted by atomic mass is 32.2. The van der Waals surface area contributed by atoms with Crippen molar-refractivity contribution in [1.29, 1.82) is 0 Å². The predicted molar refractivity (Wildman–Crippen MR) is 154 cm³/mol. The van der Waals surface area contributed by atoms with E-state index in [-0.39, 0.29) is 23.7 Å². The first-order valence-corrected chi connectivity index (χ1v) is 16.3. The monoisotopic (exact) mass is 619 g/mol. The zero-order chi connectivity index (χ0) is 30.8. The zero-order valence-electron chi connectivity index (χ0n) is 23.6. The van der Waals surface area contributed by atoms with Crippen molar-refractivity contribution in [2.24, 2.45) is 0 Å². The van der Waals surface area contributed by atoms with Crippen molar-refractivity contribution in [3.8, 4) is 5.75 Å². The van der Waals surface area contributed by atoms with E-state index in [4.69, 9.17) is 0 Å². The number of alkyl halides is 5. The lowest BCUT2D eigenvalue weighted by atomic mass is 9.89. The minimum absolute atomic E-state index is 0.244. The van der Waals surface area contributed by atoms with Gasteiger partial charge in [0.15, 0.2) is 0 Å². The van der Waals surface area contributed by atoms with Gasteiger partial charge in [-0.05, 0) is 117 Å². The Labute approximate surface area is 244 Å². The first-order chi connectivity index (χ1) is 19.8. The number of aromatic hydroxyl groups is 1. The van der Waals surface area contributed by atoms with E-state index < -0.39 is 40.5 Å². The third kappa shape index (κ3) is 10.3. The molecular formula is C31H39F6NO3S. The topological polar surface area (TPSA) is 66.4 Å². The maximum absolute atomic E-state index is 13.6. The Morgan fingerprint density at radius 2 is 1.48 bits per heavy atom. The lowest BCUT2D eigenvalue weighted by Crippen LogP contribution is -2.36. The van der Waals surface area contributed by atoms with Crippen LogP contribution in [0.25, 0.3) is 11.1 Å². The van der Waals surface area contributed by atoms with Crippen molar-refractivity contribution in [3.63, 3.8) is 0 Å². The fraction of sp³-hybridized carbons (Fsp3) is 0.548. The van der Waals surface area contributed by atoms with E-state index in [2.05, 4.69) is 5.32 Å². The van der Waals surface area contributed by atoms with E-state index in [9.17, 15) is 39.9 Å². The summed E-state index contributed by atoms with van der Waals surface area (Å²) in [4.78, 5) is 0. The van der Waals surface area contributed by atoms with Crippen LogP contribution in [0.15, 0.2) is 42.5 Å². The van der Waals surface area contributed by atoms with Crippen molar-refractivity contribution in [2.45, 2.75) is 82.7 Å². The molecule has 1 aliphatic rings. The van der Waals surface area contributed by atoms with Gasteiger partial charge in [-0.3, -0.25) is 0 Å². The molecule has 11 heteroatoms. The number of aryl methyl sites for hydroxylation is 1. The molecule has 234 valence electrons. The van der Waals surface area contributed by atoms with E-state index in [1.165, 1.54) is 23.3 Å². The Bertz CT molecular complexity index is 1290. The minimum Gasteiger partial charge on any atom is -0.508 e. The van der Waals surface area contributed by atoms with Gasteiger partial charge < -0.3 is 10.4 Å². The molecule has 0 fully saturated rings. The summed E-state index contributed by atoms with van der Waals surface area (Å²) in [6, 6.07) is 12.1. The Morgan fingerprint density at radius 1 is 0.810 bits per heavy atom. The van der Waals surface area contributed by atoms with E-state index >= 15 is 0 Å². The number of halogens is 6. The van der Waals surface area contributed by atoms with Gasteiger partial charge in [-0.25, -0.2) is 12.8 Å². The van der Waals surface area contributed by atoms with E-state index in [0.717, 1.165) is 68.1 Å². The third-order valence-corrected chi connectivity index (χ3v) is 9.37. The lowest BCUT2D eigenvalue weighted by Gasteiger charge is -2.19. The molecule has 2 aromatic carbocycles. The Morgan fingerprint density at radius 3 is 2.19 bits per heavy atom. The predicted octanol–water partition coefficient (Wildman–Crippen LogP) is 8.10. The highest BCUT2D eigenvalue weighted by Crippen LogP contribution is 2.40. The summed E-state index contributed by atoms with van der Waals surface area (Å²) in [5.74, 6) is -5.86. The summed E-state index contributed by atoms with van der Waals surface area (Å²) in [7, 11) is -3.70. The van der Waals surface area contributed by atoms with Gasteiger partial charge in [0.25, 0.3) is 0 Å². The molecule has 0 bridgehead atoms. The number of hydrogen-bond donors (Lipinski definition) is 2. The van der Waals surface area contributed by atoms with E-state index in [1.807, 2.05) is 24.3 Å². The molecule has 0 amide bonds. The van der Waals surface area contributed by atoms with E-state index in [1.54, 1.807) is 6.07 Å². The summed E-state index contributed by atoms with van der Waals surface area (Å²) in [5, 5.41) is 13.2. The lowest BCUT2D eigenvalue weighted by molar-refractivity contribution is -0.284. The molecule has 42 heavy (non-hydrogen) atoms. The first-order valence-electron chi connectivity index (χ1n) is 14.4. The number of phenolic OH excluding ortho intramolecular Hbond substituents is 1. The summed E-state index contributed by atoms with van der Waals surface area (Å²) < 4.78 is 100.0. The van der Waals surface area contributed by atoms with Gasteiger partial charge in [0.2, 0.25) is 0 Å².